The molecule has 0 fully saturated rings. The Labute approximate surface area is 137 Å². The van der Waals surface area contributed by atoms with Crippen molar-refractivity contribution in [2.45, 2.75) is 79.1 Å². The fourth-order valence-corrected chi connectivity index (χ4v) is 2.11. The van der Waals surface area contributed by atoms with Gasteiger partial charge in [0, 0.05) is 6.42 Å². The van der Waals surface area contributed by atoms with E-state index in [-0.39, 0.29) is 6.79 Å². The lowest BCUT2D eigenvalue weighted by Gasteiger charge is -2.16. The van der Waals surface area contributed by atoms with E-state index in [1.165, 1.54) is 32.1 Å². The molecule has 0 aliphatic rings. The molecule has 0 amide bonds. The molecule has 0 aromatic heterocycles. The van der Waals surface area contributed by atoms with Crippen molar-refractivity contribution >= 4 is 0 Å². The van der Waals surface area contributed by atoms with Gasteiger partial charge in [0.25, 0.3) is 0 Å². The number of hydrogen-bond donors (Lipinski definition) is 0. The van der Waals surface area contributed by atoms with E-state index in [1.807, 2.05) is 13.8 Å². The SMILES string of the molecule is CCCCCCCCOCOC(OCC)=C(CCC)OCC. The van der Waals surface area contributed by atoms with Gasteiger partial charge in [-0.3, -0.25) is 0 Å². The maximum atomic E-state index is 5.61. The zero-order chi connectivity index (χ0) is 16.5. The van der Waals surface area contributed by atoms with Crippen LogP contribution >= 0.6 is 0 Å². The molecule has 4 nitrogen and oxygen atoms in total. The summed E-state index contributed by atoms with van der Waals surface area (Å²) in [5.41, 5.74) is 0. The van der Waals surface area contributed by atoms with Gasteiger partial charge in [-0.2, -0.15) is 0 Å². The van der Waals surface area contributed by atoms with E-state index in [1.54, 1.807) is 0 Å². The van der Waals surface area contributed by atoms with Crippen LogP contribution in [0.2, 0.25) is 0 Å². The maximum absolute atomic E-state index is 5.61. The molecule has 0 saturated carbocycles. The molecule has 0 atom stereocenters. The van der Waals surface area contributed by atoms with Crippen LogP contribution < -0.4 is 0 Å². The second-order valence-electron chi connectivity index (χ2n) is 5.26. The predicted octanol–water partition coefficient (Wildman–Crippen LogP) is 5.38. The monoisotopic (exact) mass is 316 g/mol. The standard InChI is InChI=1S/C18H36O4/c1-5-9-10-11-12-13-15-19-16-22-18(21-8-4)17(14-6-2)20-7-3/h5-16H2,1-4H3. The van der Waals surface area contributed by atoms with Crippen LogP contribution in [0.5, 0.6) is 0 Å². The Morgan fingerprint density at radius 2 is 1.36 bits per heavy atom. The van der Waals surface area contributed by atoms with Gasteiger partial charge in [0.2, 0.25) is 0 Å². The Kier molecular flexibility index (Phi) is 15.8. The van der Waals surface area contributed by atoms with Gasteiger partial charge in [0.05, 0.1) is 19.8 Å². The second kappa shape index (κ2) is 16.5. The lowest BCUT2D eigenvalue weighted by Crippen LogP contribution is -2.09. The molecule has 0 unspecified atom stereocenters. The highest BCUT2D eigenvalue weighted by Gasteiger charge is 2.10. The van der Waals surface area contributed by atoms with Gasteiger partial charge in [-0.15, -0.1) is 0 Å². The third-order valence-electron chi connectivity index (χ3n) is 3.21. The Balaban J connectivity index is 3.91. The lowest BCUT2D eigenvalue weighted by atomic mass is 10.1. The molecule has 0 rings (SSSR count). The summed E-state index contributed by atoms with van der Waals surface area (Å²) in [7, 11) is 0. The van der Waals surface area contributed by atoms with Crippen molar-refractivity contribution in [2.75, 3.05) is 26.6 Å². The van der Waals surface area contributed by atoms with Crippen molar-refractivity contribution in [1.29, 1.82) is 0 Å². The zero-order valence-corrected chi connectivity index (χ0v) is 15.1. The molecule has 0 saturated heterocycles. The van der Waals surface area contributed by atoms with Gasteiger partial charge in [0.15, 0.2) is 12.6 Å². The molecule has 0 aromatic carbocycles. The zero-order valence-electron chi connectivity index (χ0n) is 15.1. The first-order valence-corrected chi connectivity index (χ1v) is 8.99. The van der Waals surface area contributed by atoms with E-state index in [2.05, 4.69) is 13.8 Å². The average Bonchev–Trinajstić information content (AvgIpc) is 2.52. The maximum Gasteiger partial charge on any atom is 0.321 e. The Morgan fingerprint density at radius 1 is 0.682 bits per heavy atom. The van der Waals surface area contributed by atoms with E-state index in [9.17, 15) is 0 Å². The summed E-state index contributed by atoms with van der Waals surface area (Å²) in [6, 6.07) is 0. The minimum atomic E-state index is 0.227. The quantitative estimate of drug-likeness (QED) is 0.218. The summed E-state index contributed by atoms with van der Waals surface area (Å²) in [5.74, 6) is 1.27. The molecule has 22 heavy (non-hydrogen) atoms. The van der Waals surface area contributed by atoms with Gasteiger partial charge in [-0.25, -0.2) is 0 Å². The molecule has 0 N–H and O–H groups in total. The van der Waals surface area contributed by atoms with Crippen LogP contribution in [0.25, 0.3) is 0 Å². The third kappa shape index (κ3) is 11.7. The first-order valence-electron chi connectivity index (χ1n) is 8.99. The fourth-order valence-electron chi connectivity index (χ4n) is 2.11. The average molecular weight is 316 g/mol. The van der Waals surface area contributed by atoms with Gasteiger partial charge < -0.3 is 18.9 Å². The van der Waals surface area contributed by atoms with Crippen LogP contribution in [0, 0.1) is 0 Å². The van der Waals surface area contributed by atoms with Crippen molar-refractivity contribution in [1.82, 2.24) is 0 Å². The molecular weight excluding hydrogens is 280 g/mol. The Morgan fingerprint density at radius 3 is 2.00 bits per heavy atom. The van der Waals surface area contributed by atoms with Crippen LogP contribution in [-0.4, -0.2) is 26.6 Å². The summed E-state index contributed by atoms with van der Waals surface area (Å²) in [5, 5.41) is 0. The number of unbranched alkanes of at least 4 members (excludes halogenated alkanes) is 5. The highest BCUT2D eigenvalue weighted by atomic mass is 16.7. The van der Waals surface area contributed by atoms with Gasteiger partial charge in [-0.05, 0) is 26.7 Å². The number of rotatable bonds is 16. The molecule has 132 valence electrons. The van der Waals surface area contributed by atoms with Crippen LogP contribution in [0.3, 0.4) is 0 Å². The smallest absolute Gasteiger partial charge is 0.321 e. The predicted molar refractivity (Wildman–Crippen MR) is 90.5 cm³/mol. The summed E-state index contributed by atoms with van der Waals surface area (Å²) in [4.78, 5) is 0. The van der Waals surface area contributed by atoms with Crippen molar-refractivity contribution in [3.05, 3.63) is 11.7 Å². The molecule has 0 bridgehead atoms. The highest BCUT2D eigenvalue weighted by Crippen LogP contribution is 2.16. The normalized spacial score (nSPS) is 12.0. The fraction of sp³-hybridized carbons (Fsp3) is 0.889. The van der Waals surface area contributed by atoms with Gasteiger partial charge in [-0.1, -0.05) is 46.0 Å². The molecule has 0 aromatic rings. The Hall–Kier alpha value is -0.900. The van der Waals surface area contributed by atoms with Crippen molar-refractivity contribution in [3.63, 3.8) is 0 Å². The van der Waals surface area contributed by atoms with Crippen LogP contribution in [0.4, 0.5) is 0 Å². The van der Waals surface area contributed by atoms with E-state index >= 15 is 0 Å². The molecule has 0 aliphatic carbocycles. The van der Waals surface area contributed by atoms with E-state index in [0.717, 1.165) is 31.6 Å². The topological polar surface area (TPSA) is 36.9 Å². The summed E-state index contributed by atoms with van der Waals surface area (Å²) >= 11 is 0. The highest BCUT2D eigenvalue weighted by molar-refractivity contribution is 4.94. The molecule has 4 heteroatoms. The second-order valence-corrected chi connectivity index (χ2v) is 5.26. The molecule has 0 spiro atoms. The van der Waals surface area contributed by atoms with Crippen molar-refractivity contribution < 1.29 is 18.9 Å². The van der Waals surface area contributed by atoms with E-state index in [4.69, 9.17) is 18.9 Å². The number of hydrogen-bond acceptors (Lipinski definition) is 4. The molecular formula is C18H36O4. The summed E-state index contributed by atoms with van der Waals surface area (Å²) < 4.78 is 22.3. The first-order chi connectivity index (χ1) is 10.8. The van der Waals surface area contributed by atoms with Crippen LogP contribution in [0.15, 0.2) is 11.7 Å². The summed E-state index contributed by atoms with van der Waals surface area (Å²) in [6.45, 7) is 10.4. The van der Waals surface area contributed by atoms with Crippen molar-refractivity contribution in [2.24, 2.45) is 0 Å². The lowest BCUT2D eigenvalue weighted by molar-refractivity contribution is -0.0822. The van der Waals surface area contributed by atoms with Gasteiger partial charge >= 0.3 is 5.95 Å². The Bertz CT molecular complexity index is 256. The molecule has 0 heterocycles. The van der Waals surface area contributed by atoms with E-state index < -0.39 is 0 Å². The third-order valence-corrected chi connectivity index (χ3v) is 3.21. The minimum Gasteiger partial charge on any atom is -0.491 e. The van der Waals surface area contributed by atoms with Crippen LogP contribution in [-0.2, 0) is 18.9 Å². The van der Waals surface area contributed by atoms with E-state index in [0.29, 0.717) is 19.2 Å². The summed E-state index contributed by atoms with van der Waals surface area (Å²) in [6.07, 6.45) is 9.39. The first kappa shape index (κ1) is 21.1. The minimum absolute atomic E-state index is 0.227. The molecule has 0 radical (unpaired) electrons. The van der Waals surface area contributed by atoms with Gasteiger partial charge in [0.1, 0.15) is 0 Å². The number of ether oxygens (including phenoxy) is 4. The van der Waals surface area contributed by atoms with Crippen molar-refractivity contribution in [3.8, 4) is 0 Å². The largest absolute Gasteiger partial charge is 0.491 e. The molecule has 0 aliphatic heterocycles. The van der Waals surface area contributed by atoms with Crippen LogP contribution in [0.1, 0.15) is 79.1 Å². The number of allylic oxidation sites excluding steroid dienone is 1.